The topological polar surface area (TPSA) is 61.4 Å². The van der Waals surface area contributed by atoms with Crippen LogP contribution in [0.5, 0.6) is 0 Å². The minimum Gasteiger partial charge on any atom is -0.381 e. The van der Waals surface area contributed by atoms with Crippen molar-refractivity contribution in [2.24, 2.45) is 5.92 Å². The standard InChI is InChI=1S/C17H17FN4O2/c18-14-3-1-2-12(8-14)10-21-5-6-22-15(9-13-4-7-24-11-13)19-20-16(22)17(21)23/h1-3,5-6,8,13H,4,7,9-11H2. The van der Waals surface area contributed by atoms with Gasteiger partial charge >= 0.3 is 0 Å². The molecule has 0 N–H and O–H groups in total. The summed E-state index contributed by atoms with van der Waals surface area (Å²) in [5.74, 6) is 0.882. The first kappa shape index (κ1) is 15.0. The summed E-state index contributed by atoms with van der Waals surface area (Å²) >= 11 is 0. The molecule has 4 rings (SSSR count). The van der Waals surface area contributed by atoms with Crippen LogP contribution >= 0.6 is 0 Å². The number of nitrogens with zero attached hydrogens (tertiary/aromatic N) is 4. The van der Waals surface area contributed by atoms with E-state index < -0.39 is 0 Å². The Balaban J connectivity index is 1.64. The van der Waals surface area contributed by atoms with Gasteiger partial charge in [-0.1, -0.05) is 12.1 Å². The van der Waals surface area contributed by atoms with Crippen molar-refractivity contribution in [2.75, 3.05) is 13.2 Å². The van der Waals surface area contributed by atoms with Gasteiger partial charge in [-0.3, -0.25) is 9.20 Å². The summed E-state index contributed by atoms with van der Waals surface area (Å²) < 4.78 is 21.9. The third-order valence-electron chi connectivity index (χ3n) is 4.35. The van der Waals surface area contributed by atoms with Crippen molar-refractivity contribution in [2.45, 2.75) is 19.4 Å². The van der Waals surface area contributed by atoms with E-state index >= 15 is 0 Å². The van der Waals surface area contributed by atoms with Crippen molar-refractivity contribution in [3.8, 4) is 0 Å². The molecule has 3 heterocycles. The van der Waals surface area contributed by atoms with E-state index in [4.69, 9.17) is 4.74 Å². The fourth-order valence-corrected chi connectivity index (χ4v) is 3.07. The highest BCUT2D eigenvalue weighted by Crippen LogP contribution is 2.17. The molecule has 0 radical (unpaired) electrons. The van der Waals surface area contributed by atoms with Gasteiger partial charge in [0.2, 0.25) is 5.65 Å². The maximum Gasteiger partial charge on any atom is 0.296 e. The molecule has 0 aliphatic carbocycles. The van der Waals surface area contributed by atoms with Gasteiger partial charge in [-0.05, 0) is 30.0 Å². The minimum absolute atomic E-state index is 0.233. The molecule has 1 aliphatic heterocycles. The van der Waals surface area contributed by atoms with Crippen LogP contribution in [0.15, 0.2) is 41.5 Å². The molecule has 2 aromatic heterocycles. The van der Waals surface area contributed by atoms with E-state index in [-0.39, 0.29) is 11.4 Å². The van der Waals surface area contributed by atoms with Gasteiger partial charge in [0.05, 0.1) is 6.54 Å². The first-order valence-corrected chi connectivity index (χ1v) is 7.96. The van der Waals surface area contributed by atoms with Gasteiger partial charge in [0.1, 0.15) is 11.6 Å². The predicted octanol–water partition coefficient (Wildman–Crippen LogP) is 1.66. The molecule has 1 aromatic carbocycles. The normalized spacial score (nSPS) is 17.6. The Morgan fingerprint density at radius 3 is 3.00 bits per heavy atom. The number of rotatable bonds is 4. The van der Waals surface area contributed by atoms with E-state index in [1.165, 1.54) is 16.7 Å². The zero-order valence-corrected chi connectivity index (χ0v) is 13.1. The second-order valence-corrected chi connectivity index (χ2v) is 6.10. The van der Waals surface area contributed by atoms with Crippen LogP contribution < -0.4 is 5.56 Å². The maximum atomic E-state index is 13.3. The van der Waals surface area contributed by atoms with Gasteiger partial charge in [-0.25, -0.2) is 4.39 Å². The van der Waals surface area contributed by atoms with Crippen LogP contribution in [0.25, 0.3) is 5.65 Å². The van der Waals surface area contributed by atoms with Gasteiger partial charge in [-0.15, -0.1) is 10.2 Å². The van der Waals surface area contributed by atoms with Crippen molar-refractivity contribution < 1.29 is 9.13 Å². The second kappa shape index (κ2) is 6.16. The number of hydrogen-bond acceptors (Lipinski definition) is 4. The Morgan fingerprint density at radius 1 is 1.29 bits per heavy atom. The molecule has 7 heteroatoms. The van der Waals surface area contributed by atoms with E-state index in [0.717, 1.165) is 37.4 Å². The van der Waals surface area contributed by atoms with Gasteiger partial charge in [0.25, 0.3) is 5.56 Å². The van der Waals surface area contributed by atoms with Gasteiger partial charge in [0.15, 0.2) is 0 Å². The zero-order valence-electron chi connectivity index (χ0n) is 13.1. The van der Waals surface area contributed by atoms with Crippen molar-refractivity contribution in [1.82, 2.24) is 19.2 Å². The molecule has 1 saturated heterocycles. The van der Waals surface area contributed by atoms with E-state index in [1.807, 2.05) is 0 Å². The summed E-state index contributed by atoms with van der Waals surface area (Å²) in [6.07, 6.45) is 5.24. The van der Waals surface area contributed by atoms with Gasteiger partial charge in [0, 0.05) is 32.0 Å². The maximum absolute atomic E-state index is 13.3. The smallest absolute Gasteiger partial charge is 0.296 e. The lowest BCUT2D eigenvalue weighted by molar-refractivity contribution is 0.185. The zero-order chi connectivity index (χ0) is 16.5. The Hall–Kier alpha value is -2.54. The average Bonchev–Trinajstić information content (AvgIpc) is 3.21. The summed E-state index contributed by atoms with van der Waals surface area (Å²) in [4.78, 5) is 12.6. The summed E-state index contributed by atoms with van der Waals surface area (Å²) in [7, 11) is 0. The Kier molecular flexibility index (Phi) is 3.86. The van der Waals surface area contributed by atoms with E-state index in [9.17, 15) is 9.18 Å². The minimum atomic E-state index is -0.315. The summed E-state index contributed by atoms with van der Waals surface area (Å²) in [6, 6.07) is 6.22. The van der Waals surface area contributed by atoms with E-state index in [1.54, 1.807) is 28.9 Å². The van der Waals surface area contributed by atoms with Crippen LogP contribution in [0.2, 0.25) is 0 Å². The molecule has 0 bridgehead atoms. The van der Waals surface area contributed by atoms with Gasteiger partial charge in [-0.2, -0.15) is 0 Å². The third kappa shape index (κ3) is 2.82. The molecule has 0 amide bonds. The molecule has 3 aromatic rings. The Labute approximate surface area is 137 Å². The van der Waals surface area contributed by atoms with Crippen molar-refractivity contribution in [1.29, 1.82) is 0 Å². The van der Waals surface area contributed by atoms with Crippen LogP contribution in [0.3, 0.4) is 0 Å². The average molecular weight is 328 g/mol. The number of benzene rings is 1. The highest BCUT2D eigenvalue weighted by molar-refractivity contribution is 5.35. The Bertz CT molecular complexity index is 928. The largest absolute Gasteiger partial charge is 0.381 e. The van der Waals surface area contributed by atoms with E-state index in [0.29, 0.717) is 18.1 Å². The molecule has 0 saturated carbocycles. The SMILES string of the molecule is O=c1c2nnc(CC3CCOC3)n2ccn1Cc1cccc(F)c1. The lowest BCUT2D eigenvalue weighted by atomic mass is 10.1. The quantitative estimate of drug-likeness (QED) is 0.731. The lowest BCUT2D eigenvalue weighted by Crippen LogP contribution is -2.22. The molecular formula is C17H17FN4O2. The molecule has 24 heavy (non-hydrogen) atoms. The van der Waals surface area contributed by atoms with E-state index in [2.05, 4.69) is 10.2 Å². The van der Waals surface area contributed by atoms with Crippen molar-refractivity contribution in [3.63, 3.8) is 0 Å². The molecule has 1 unspecified atom stereocenters. The summed E-state index contributed by atoms with van der Waals surface area (Å²) in [5.41, 5.74) is 0.787. The molecule has 1 atom stereocenters. The monoisotopic (exact) mass is 328 g/mol. The number of aromatic nitrogens is 4. The number of fused-ring (bicyclic) bond motifs is 1. The van der Waals surface area contributed by atoms with Crippen LogP contribution in [0.1, 0.15) is 17.8 Å². The van der Waals surface area contributed by atoms with Crippen molar-refractivity contribution in [3.05, 3.63) is 64.2 Å². The summed E-state index contributed by atoms with van der Waals surface area (Å²) in [5, 5.41) is 8.21. The molecule has 124 valence electrons. The first-order chi connectivity index (χ1) is 11.7. The molecular weight excluding hydrogens is 311 g/mol. The van der Waals surface area contributed by atoms with Crippen LogP contribution in [-0.4, -0.2) is 32.4 Å². The second-order valence-electron chi connectivity index (χ2n) is 6.10. The van der Waals surface area contributed by atoms with Crippen LogP contribution in [0, 0.1) is 11.7 Å². The molecule has 1 fully saturated rings. The molecule has 0 spiro atoms. The molecule has 6 nitrogen and oxygen atoms in total. The predicted molar refractivity (Wildman–Crippen MR) is 85.4 cm³/mol. The highest BCUT2D eigenvalue weighted by atomic mass is 19.1. The van der Waals surface area contributed by atoms with Crippen LogP contribution in [-0.2, 0) is 17.7 Å². The van der Waals surface area contributed by atoms with Crippen molar-refractivity contribution >= 4 is 5.65 Å². The fraction of sp³-hybridized carbons (Fsp3) is 0.353. The first-order valence-electron chi connectivity index (χ1n) is 7.96. The number of halogens is 1. The van der Waals surface area contributed by atoms with Crippen LogP contribution in [0.4, 0.5) is 4.39 Å². The lowest BCUT2D eigenvalue weighted by Gasteiger charge is -2.08. The third-order valence-corrected chi connectivity index (χ3v) is 4.35. The number of ether oxygens (including phenoxy) is 1. The number of hydrogen-bond donors (Lipinski definition) is 0. The fourth-order valence-electron chi connectivity index (χ4n) is 3.07. The van der Waals surface area contributed by atoms with Gasteiger partial charge < -0.3 is 9.30 Å². The summed E-state index contributed by atoms with van der Waals surface area (Å²) in [6.45, 7) is 1.80. The highest BCUT2D eigenvalue weighted by Gasteiger charge is 2.20. The Morgan fingerprint density at radius 2 is 2.21 bits per heavy atom. The molecule has 1 aliphatic rings.